The summed E-state index contributed by atoms with van der Waals surface area (Å²) in [6, 6.07) is 7.90. The third-order valence-corrected chi connectivity index (χ3v) is 7.88. The molecule has 6 nitrogen and oxygen atoms in total. The van der Waals surface area contributed by atoms with Crippen LogP contribution < -0.4 is 10.2 Å². The smallest absolute Gasteiger partial charge is 0.315 e. The van der Waals surface area contributed by atoms with Gasteiger partial charge in [-0.2, -0.15) is 0 Å². The third-order valence-electron chi connectivity index (χ3n) is 7.88. The lowest BCUT2D eigenvalue weighted by molar-refractivity contribution is -0.334. The summed E-state index contributed by atoms with van der Waals surface area (Å²) in [6.45, 7) is 3.66. The number of para-hydroxylation sites is 1. The van der Waals surface area contributed by atoms with Gasteiger partial charge in [-0.05, 0) is 31.5 Å². The Balaban J connectivity index is 1.88. The van der Waals surface area contributed by atoms with Crippen LogP contribution in [-0.4, -0.2) is 56.8 Å². The molecule has 3 unspecified atom stereocenters. The van der Waals surface area contributed by atoms with E-state index >= 15 is 0 Å². The normalized spacial score (nSPS) is 42.6. The molecule has 4 fully saturated rings. The minimum Gasteiger partial charge on any atom is -0.468 e. The van der Waals surface area contributed by atoms with Crippen molar-refractivity contribution in [1.29, 1.82) is 0 Å². The number of nitrogens with zero attached hydrogens (tertiary/aromatic N) is 1. The van der Waals surface area contributed by atoms with Crippen LogP contribution in [0.3, 0.4) is 0 Å². The number of hydrogen-bond acceptors (Lipinski definition) is 6. The van der Waals surface area contributed by atoms with Gasteiger partial charge in [0.2, 0.25) is 0 Å². The highest BCUT2D eigenvalue weighted by Gasteiger charge is 2.80. The van der Waals surface area contributed by atoms with Gasteiger partial charge in [0.05, 0.1) is 19.8 Å². The van der Waals surface area contributed by atoms with Crippen LogP contribution in [-0.2, 0) is 19.7 Å². The van der Waals surface area contributed by atoms with E-state index in [0.717, 1.165) is 29.8 Å². The van der Waals surface area contributed by atoms with Crippen LogP contribution in [0.5, 0.6) is 0 Å². The van der Waals surface area contributed by atoms with E-state index in [1.165, 1.54) is 7.11 Å². The molecule has 4 bridgehead atoms. The first kappa shape index (κ1) is 18.2. The van der Waals surface area contributed by atoms with E-state index in [1.807, 2.05) is 26.1 Å². The average Bonchev–Trinajstić information content (AvgIpc) is 2.98. The number of anilines is 1. The Bertz CT molecular complexity index is 870. The first-order valence-corrected chi connectivity index (χ1v) is 10.1. The number of hydrogen-bond donors (Lipinski definition) is 2. The molecule has 0 radical (unpaired) electrons. The molecular formula is C22H28N2O4. The minimum absolute atomic E-state index is 0.132. The number of carbonyl (C=O) groups is 1. The first-order chi connectivity index (χ1) is 13.5. The average molecular weight is 384 g/mol. The number of benzene rings is 1. The monoisotopic (exact) mass is 384 g/mol. The first-order valence-electron chi connectivity index (χ1n) is 10.1. The van der Waals surface area contributed by atoms with E-state index in [1.54, 1.807) is 0 Å². The van der Waals surface area contributed by atoms with Crippen LogP contribution in [0.1, 0.15) is 25.3 Å². The van der Waals surface area contributed by atoms with Gasteiger partial charge >= 0.3 is 5.97 Å². The molecule has 0 amide bonds. The second-order valence-electron chi connectivity index (χ2n) is 8.65. The van der Waals surface area contributed by atoms with Gasteiger partial charge in [-0.3, -0.25) is 4.79 Å². The van der Waals surface area contributed by atoms with Crippen molar-refractivity contribution < 1.29 is 19.4 Å². The number of ether oxygens (including phenoxy) is 2. The SMILES string of the molecule is C/C=C1/CNCC[C@@]23c4ccccc4N(C)C2C2(O)C[C@@H]1C3(C(=O)OC)CO2. The molecule has 6 rings (SSSR count). The van der Waals surface area contributed by atoms with Crippen molar-refractivity contribution >= 4 is 11.7 Å². The fourth-order valence-electron chi connectivity index (χ4n) is 6.89. The molecule has 2 N–H and O–H groups in total. The van der Waals surface area contributed by atoms with Crippen molar-refractivity contribution in [2.75, 3.05) is 38.8 Å². The maximum absolute atomic E-state index is 13.6. The summed E-state index contributed by atoms with van der Waals surface area (Å²) in [4.78, 5) is 15.7. The number of nitrogens with one attached hydrogen (secondary N) is 1. The van der Waals surface area contributed by atoms with Gasteiger partial charge in [0, 0.05) is 37.0 Å². The molecule has 1 aliphatic carbocycles. The molecule has 5 aliphatic rings. The molecule has 28 heavy (non-hydrogen) atoms. The van der Waals surface area contributed by atoms with E-state index < -0.39 is 16.6 Å². The van der Waals surface area contributed by atoms with Crippen molar-refractivity contribution in [3.8, 4) is 0 Å². The molecule has 1 spiro atoms. The molecule has 1 saturated carbocycles. The third kappa shape index (κ3) is 1.82. The van der Waals surface area contributed by atoms with Gasteiger partial charge in [0.1, 0.15) is 5.41 Å². The molecule has 4 aliphatic heterocycles. The highest BCUT2D eigenvalue weighted by Crippen LogP contribution is 2.70. The van der Waals surface area contributed by atoms with Gasteiger partial charge < -0.3 is 24.8 Å². The summed E-state index contributed by atoms with van der Waals surface area (Å²) in [6.07, 6.45) is 3.23. The summed E-state index contributed by atoms with van der Waals surface area (Å²) in [7, 11) is 3.47. The largest absolute Gasteiger partial charge is 0.468 e. The Morgan fingerprint density at radius 1 is 1.43 bits per heavy atom. The molecule has 3 saturated heterocycles. The minimum atomic E-state index is -1.31. The summed E-state index contributed by atoms with van der Waals surface area (Å²) in [5.41, 5.74) is 1.90. The number of fused-ring (bicyclic) bond motifs is 2. The molecule has 4 heterocycles. The van der Waals surface area contributed by atoms with Gasteiger partial charge in [0.15, 0.2) is 5.79 Å². The lowest BCUT2D eigenvalue weighted by atomic mass is 9.43. The topological polar surface area (TPSA) is 71.0 Å². The van der Waals surface area contributed by atoms with Crippen LogP contribution in [0.4, 0.5) is 5.69 Å². The second kappa shape index (κ2) is 5.81. The van der Waals surface area contributed by atoms with Gasteiger partial charge in [-0.1, -0.05) is 29.8 Å². The van der Waals surface area contributed by atoms with Crippen molar-refractivity contribution in [1.82, 2.24) is 5.32 Å². The zero-order valence-electron chi connectivity index (χ0n) is 16.7. The molecule has 1 aromatic carbocycles. The lowest BCUT2D eigenvalue weighted by Crippen LogP contribution is -2.80. The number of methoxy groups -OCH3 is 1. The summed E-state index contributed by atoms with van der Waals surface area (Å²) < 4.78 is 11.5. The highest BCUT2D eigenvalue weighted by atomic mass is 16.6. The van der Waals surface area contributed by atoms with E-state index in [2.05, 4.69) is 28.4 Å². The standard InChI is InChI=1S/C22H28N2O4/c1-4-14-12-23-10-9-20-15-7-5-6-8-17(15)24(2)18(20)22(26)11-16(14)21(20,13-28-22)19(25)27-3/h4-8,16,18,23,26H,9-13H2,1-3H3/b14-4-/t16-,18?,20+,21?,22?/m0/s1. The van der Waals surface area contributed by atoms with Crippen molar-refractivity contribution in [2.45, 2.75) is 37.0 Å². The van der Waals surface area contributed by atoms with E-state index in [4.69, 9.17) is 9.47 Å². The fourth-order valence-corrected chi connectivity index (χ4v) is 6.89. The Kier molecular flexibility index (Phi) is 3.77. The van der Waals surface area contributed by atoms with E-state index in [-0.39, 0.29) is 24.5 Å². The summed E-state index contributed by atoms with van der Waals surface area (Å²) in [5.74, 6) is -1.66. The zero-order valence-corrected chi connectivity index (χ0v) is 16.7. The molecule has 6 heteroatoms. The Morgan fingerprint density at radius 2 is 2.21 bits per heavy atom. The van der Waals surface area contributed by atoms with E-state index in [9.17, 15) is 9.90 Å². The number of aliphatic hydroxyl groups is 1. The molecule has 150 valence electrons. The maximum Gasteiger partial charge on any atom is 0.315 e. The molecule has 5 atom stereocenters. The second-order valence-corrected chi connectivity index (χ2v) is 8.65. The van der Waals surface area contributed by atoms with Gasteiger partial charge in [-0.25, -0.2) is 0 Å². The van der Waals surface area contributed by atoms with Crippen LogP contribution >= 0.6 is 0 Å². The number of rotatable bonds is 1. The van der Waals surface area contributed by atoms with Crippen LogP contribution in [0.15, 0.2) is 35.9 Å². The van der Waals surface area contributed by atoms with Crippen LogP contribution in [0.25, 0.3) is 0 Å². The molecule has 1 aromatic rings. The highest BCUT2D eigenvalue weighted by molar-refractivity contribution is 5.85. The zero-order chi connectivity index (χ0) is 19.7. The molecular weight excluding hydrogens is 356 g/mol. The number of allylic oxidation sites excluding steroid dienone is 1. The van der Waals surface area contributed by atoms with Gasteiger partial charge in [-0.15, -0.1) is 0 Å². The summed E-state index contributed by atoms with van der Waals surface area (Å²) >= 11 is 0. The van der Waals surface area contributed by atoms with Crippen LogP contribution in [0, 0.1) is 11.3 Å². The van der Waals surface area contributed by atoms with Crippen molar-refractivity contribution in [2.24, 2.45) is 11.3 Å². The maximum atomic E-state index is 13.6. The van der Waals surface area contributed by atoms with Crippen molar-refractivity contribution in [3.63, 3.8) is 0 Å². The number of carbonyl (C=O) groups excluding carboxylic acids is 1. The molecule has 0 aromatic heterocycles. The predicted octanol–water partition coefficient (Wildman–Crippen LogP) is 1.58. The number of esters is 1. The van der Waals surface area contributed by atoms with Crippen LogP contribution in [0.2, 0.25) is 0 Å². The Morgan fingerprint density at radius 3 is 2.96 bits per heavy atom. The van der Waals surface area contributed by atoms with Gasteiger partial charge in [0.25, 0.3) is 0 Å². The fraction of sp³-hybridized carbons (Fsp3) is 0.591. The summed E-state index contributed by atoms with van der Waals surface area (Å²) in [5, 5.41) is 15.3. The van der Waals surface area contributed by atoms with Crippen molar-refractivity contribution in [3.05, 3.63) is 41.5 Å². The number of likely N-dealkylation sites (N-methyl/N-ethyl adjacent to an activating group) is 1. The lowest BCUT2D eigenvalue weighted by Gasteiger charge is -2.67. The van der Waals surface area contributed by atoms with E-state index in [0.29, 0.717) is 13.0 Å². The quantitative estimate of drug-likeness (QED) is 0.566. The predicted molar refractivity (Wildman–Crippen MR) is 105 cm³/mol. The Hall–Kier alpha value is -1.89. The Labute approximate surface area is 165 Å².